The van der Waals surface area contributed by atoms with Crippen molar-refractivity contribution in [3.63, 3.8) is 0 Å². The third-order valence-electron chi connectivity index (χ3n) is 5.94. The Labute approximate surface area is 201 Å². The monoisotopic (exact) mass is 501 g/mol. The molecule has 2 saturated heterocycles. The van der Waals surface area contributed by atoms with Crippen LogP contribution in [0, 0.1) is 5.92 Å². The van der Waals surface area contributed by atoms with E-state index in [2.05, 4.69) is 10.6 Å². The summed E-state index contributed by atoms with van der Waals surface area (Å²) in [6, 6.07) is 3.55. The summed E-state index contributed by atoms with van der Waals surface area (Å²) in [5.41, 5.74) is 0.135. The molecule has 2 aliphatic heterocycles. The number of carbonyl (C=O) groups is 4. The van der Waals surface area contributed by atoms with Gasteiger partial charge < -0.3 is 29.5 Å². The molecule has 2 unspecified atom stereocenters. The van der Waals surface area contributed by atoms with Crippen LogP contribution >= 0.6 is 23.2 Å². The SMILES string of the molecule is COC(=O)[C@@H]1O[B-]2([C@H](CC(C)C)NC(=O)CNC(=O)c3cc(Cl)ccc3Cl)OC(=O)[C@H]1[NH+]2C. The third-order valence-corrected chi connectivity index (χ3v) is 6.50. The van der Waals surface area contributed by atoms with E-state index in [1.165, 1.54) is 19.2 Å². The molecule has 0 aliphatic carbocycles. The Hall–Kier alpha value is -2.34. The van der Waals surface area contributed by atoms with Gasteiger partial charge in [-0.2, -0.15) is 0 Å². The average Bonchev–Trinajstić information content (AvgIpc) is 3.19. The second kappa shape index (κ2) is 9.88. The van der Waals surface area contributed by atoms with Gasteiger partial charge in [0, 0.05) is 18.0 Å². The molecule has 0 aromatic heterocycles. The molecule has 13 heteroatoms. The van der Waals surface area contributed by atoms with Crippen LogP contribution < -0.4 is 15.4 Å². The van der Waals surface area contributed by atoms with Gasteiger partial charge in [-0.05, 0) is 24.1 Å². The van der Waals surface area contributed by atoms with Crippen LogP contribution in [0.2, 0.25) is 10.0 Å². The van der Waals surface area contributed by atoms with E-state index in [0.717, 1.165) is 0 Å². The Kier molecular flexibility index (Phi) is 7.57. The molecule has 33 heavy (non-hydrogen) atoms. The summed E-state index contributed by atoms with van der Waals surface area (Å²) in [6.45, 7) is 1.08. The minimum Gasteiger partial charge on any atom is -0.609 e. The van der Waals surface area contributed by atoms with Gasteiger partial charge in [-0.15, -0.1) is 0 Å². The first kappa shape index (κ1) is 25.3. The molecular formula is C20H26BCl2N3O7. The number of amides is 2. The highest BCUT2D eigenvalue weighted by Crippen LogP contribution is 2.29. The largest absolute Gasteiger partial charge is 0.609 e. The minimum atomic E-state index is -2.43. The smallest absolute Gasteiger partial charge is 0.548 e. The number of hydrogen-bond acceptors (Lipinski definition) is 7. The highest BCUT2D eigenvalue weighted by molar-refractivity contribution is 6.65. The number of likely N-dealkylation sites (N-methyl/N-ethyl adjacent to an activating group) is 1. The van der Waals surface area contributed by atoms with Gasteiger partial charge in [-0.3, -0.25) is 9.59 Å². The lowest BCUT2D eigenvalue weighted by Crippen LogP contribution is -3.21. The second-order valence-electron chi connectivity index (χ2n) is 8.62. The number of quaternary nitrogens is 1. The Morgan fingerprint density at radius 3 is 2.61 bits per heavy atom. The fraction of sp³-hybridized carbons (Fsp3) is 0.500. The molecule has 2 fully saturated rings. The quantitative estimate of drug-likeness (QED) is 0.331. The van der Waals surface area contributed by atoms with Crippen molar-refractivity contribution in [3.05, 3.63) is 33.8 Å². The topological polar surface area (TPSA) is 124 Å². The number of hydrogen-bond donors (Lipinski definition) is 3. The zero-order chi connectivity index (χ0) is 24.5. The zero-order valence-corrected chi connectivity index (χ0v) is 20.2. The van der Waals surface area contributed by atoms with Crippen molar-refractivity contribution in [1.82, 2.24) is 10.6 Å². The van der Waals surface area contributed by atoms with Crippen LogP contribution in [-0.2, 0) is 28.4 Å². The van der Waals surface area contributed by atoms with Crippen molar-refractivity contribution in [2.75, 3.05) is 20.7 Å². The summed E-state index contributed by atoms with van der Waals surface area (Å²) in [6.07, 6.45) is -0.710. The number of methoxy groups -OCH3 is 1. The first-order chi connectivity index (χ1) is 15.5. The number of halogens is 2. The van der Waals surface area contributed by atoms with E-state index in [4.69, 9.17) is 37.2 Å². The van der Waals surface area contributed by atoms with Crippen LogP contribution in [0.25, 0.3) is 0 Å². The summed E-state index contributed by atoms with van der Waals surface area (Å²) in [5, 5.41) is 5.83. The first-order valence-corrected chi connectivity index (χ1v) is 11.3. The molecule has 1 aromatic rings. The molecular weight excluding hydrogens is 476 g/mol. The van der Waals surface area contributed by atoms with Crippen LogP contribution in [0.3, 0.4) is 0 Å². The van der Waals surface area contributed by atoms with Gasteiger partial charge >= 0.3 is 18.6 Å². The van der Waals surface area contributed by atoms with E-state index in [0.29, 0.717) is 16.3 Å². The molecule has 3 N–H and O–H groups in total. The van der Waals surface area contributed by atoms with E-state index in [9.17, 15) is 19.2 Å². The van der Waals surface area contributed by atoms with E-state index in [1.807, 2.05) is 13.8 Å². The summed E-state index contributed by atoms with van der Waals surface area (Å²) in [5.74, 6) is -2.99. The maximum atomic E-state index is 12.7. The molecule has 2 aliphatic rings. The van der Waals surface area contributed by atoms with E-state index >= 15 is 0 Å². The van der Waals surface area contributed by atoms with E-state index < -0.39 is 48.5 Å². The number of rotatable bonds is 8. The third kappa shape index (κ3) is 4.96. The molecule has 2 bridgehead atoms. The van der Waals surface area contributed by atoms with Crippen molar-refractivity contribution in [2.45, 2.75) is 38.4 Å². The number of fused-ring (bicyclic) bond motifs is 2. The molecule has 1 aromatic carbocycles. The lowest BCUT2D eigenvalue weighted by Gasteiger charge is -2.39. The number of nitrogens with one attached hydrogen (secondary N) is 3. The van der Waals surface area contributed by atoms with Gasteiger partial charge in [-0.1, -0.05) is 43.5 Å². The van der Waals surface area contributed by atoms with E-state index in [-0.39, 0.29) is 23.0 Å². The van der Waals surface area contributed by atoms with Gasteiger partial charge in [0.05, 0.1) is 24.2 Å². The van der Waals surface area contributed by atoms with Crippen LogP contribution in [0.4, 0.5) is 0 Å². The van der Waals surface area contributed by atoms with Gasteiger partial charge in [0.25, 0.3) is 5.91 Å². The lowest BCUT2D eigenvalue weighted by molar-refractivity contribution is -0.785. The molecule has 0 spiro atoms. The van der Waals surface area contributed by atoms with Crippen LogP contribution in [-0.4, -0.2) is 69.2 Å². The highest BCUT2D eigenvalue weighted by Gasteiger charge is 2.70. The Morgan fingerprint density at radius 2 is 1.97 bits per heavy atom. The fourth-order valence-corrected chi connectivity index (χ4v) is 4.79. The lowest BCUT2D eigenvalue weighted by atomic mass is 9.59. The number of esters is 1. The van der Waals surface area contributed by atoms with Crippen LogP contribution in [0.15, 0.2) is 18.2 Å². The number of ether oxygens (including phenoxy) is 1. The van der Waals surface area contributed by atoms with E-state index in [1.54, 1.807) is 13.1 Å². The predicted molar refractivity (Wildman–Crippen MR) is 120 cm³/mol. The van der Waals surface area contributed by atoms with Gasteiger partial charge in [0.15, 0.2) is 12.1 Å². The molecule has 180 valence electrons. The Bertz CT molecular complexity index is 979. The van der Waals surface area contributed by atoms with Crippen LogP contribution in [0.1, 0.15) is 30.6 Å². The minimum absolute atomic E-state index is 0.0951. The van der Waals surface area contributed by atoms with Crippen molar-refractivity contribution in [1.29, 1.82) is 0 Å². The van der Waals surface area contributed by atoms with Gasteiger partial charge in [0.1, 0.15) is 0 Å². The summed E-state index contributed by atoms with van der Waals surface area (Å²) in [7, 11) is 2.89. The average molecular weight is 502 g/mol. The maximum absolute atomic E-state index is 12.7. The van der Waals surface area contributed by atoms with Gasteiger partial charge in [0.2, 0.25) is 5.91 Å². The zero-order valence-electron chi connectivity index (χ0n) is 18.6. The summed E-state index contributed by atoms with van der Waals surface area (Å²) >= 11 is 11.9. The maximum Gasteiger partial charge on any atom is 0.548 e. The summed E-state index contributed by atoms with van der Waals surface area (Å²) in [4.78, 5) is 50.4. The molecule has 0 saturated carbocycles. The van der Waals surface area contributed by atoms with Crippen molar-refractivity contribution >= 4 is 53.6 Å². The highest BCUT2D eigenvalue weighted by atomic mass is 35.5. The van der Waals surface area contributed by atoms with Gasteiger partial charge in [-0.25, -0.2) is 9.59 Å². The Balaban J connectivity index is 1.74. The fourth-order valence-electron chi connectivity index (χ4n) is 4.41. The molecule has 3 rings (SSSR count). The first-order valence-electron chi connectivity index (χ1n) is 10.5. The second-order valence-corrected chi connectivity index (χ2v) is 9.46. The number of carbonyl (C=O) groups excluding carboxylic acids is 4. The van der Waals surface area contributed by atoms with Crippen molar-refractivity contribution < 1.29 is 38.0 Å². The van der Waals surface area contributed by atoms with Crippen molar-refractivity contribution in [2.24, 2.45) is 5.92 Å². The molecule has 5 atom stereocenters. The summed E-state index contributed by atoms with van der Waals surface area (Å²) < 4.78 is 16.3. The molecule has 10 nitrogen and oxygen atoms in total. The van der Waals surface area contributed by atoms with Crippen LogP contribution in [0.5, 0.6) is 0 Å². The molecule has 0 radical (unpaired) electrons. The number of benzene rings is 1. The molecule has 2 heterocycles. The normalized spacial score (nSPS) is 26.6. The standard InChI is InChI=1S/C20H26BCl2N3O7/c1-10(2)7-14(21-26(3)16(19(29)33-21)17(32-21)20(30)31-4)25-15(27)9-24-18(28)12-8-11(22)5-6-13(12)23/h5-6,8,10,14,16-17,26H,7,9H2,1-4H3,(H,24,28)(H,25,27)/t14-,16-,17+,21?/m0/s1. The Morgan fingerprint density at radius 1 is 1.27 bits per heavy atom. The predicted octanol–water partition coefficient (Wildman–Crippen LogP) is -0.256. The molecule has 2 amide bonds. The van der Waals surface area contributed by atoms with Crippen molar-refractivity contribution in [3.8, 4) is 0 Å².